The summed E-state index contributed by atoms with van der Waals surface area (Å²) in [5.74, 6) is -0.198. The SMILES string of the molecule is CC(C)=CC(=O)C=C(C)C(C)[N+](=O)[O-]. The quantitative estimate of drug-likeness (QED) is 0.394. The largest absolute Gasteiger partial charge is 0.290 e. The maximum Gasteiger partial charge on any atom is 0.231 e. The molecule has 0 bridgehead atoms. The fourth-order valence-corrected chi connectivity index (χ4v) is 0.837. The van der Waals surface area contributed by atoms with E-state index < -0.39 is 11.0 Å². The summed E-state index contributed by atoms with van der Waals surface area (Å²) in [6.07, 6.45) is 2.76. The number of carbonyl (C=O) groups is 1. The van der Waals surface area contributed by atoms with Crippen LogP contribution in [0.1, 0.15) is 27.7 Å². The molecule has 1 unspecified atom stereocenters. The Morgan fingerprint density at radius 2 is 1.79 bits per heavy atom. The number of hydrogen-bond acceptors (Lipinski definition) is 3. The van der Waals surface area contributed by atoms with Gasteiger partial charge in [0.2, 0.25) is 6.04 Å². The van der Waals surface area contributed by atoms with Gasteiger partial charge in [-0.15, -0.1) is 0 Å². The molecule has 0 aromatic carbocycles. The van der Waals surface area contributed by atoms with Crippen molar-refractivity contribution in [1.82, 2.24) is 0 Å². The van der Waals surface area contributed by atoms with Gasteiger partial charge >= 0.3 is 0 Å². The molecule has 0 fully saturated rings. The van der Waals surface area contributed by atoms with Crippen LogP contribution in [0.15, 0.2) is 23.3 Å². The van der Waals surface area contributed by atoms with Crippen LogP contribution in [0, 0.1) is 10.1 Å². The van der Waals surface area contributed by atoms with Crippen molar-refractivity contribution in [2.75, 3.05) is 0 Å². The Morgan fingerprint density at radius 1 is 1.29 bits per heavy atom. The van der Waals surface area contributed by atoms with E-state index in [2.05, 4.69) is 0 Å². The van der Waals surface area contributed by atoms with Crippen molar-refractivity contribution in [3.63, 3.8) is 0 Å². The van der Waals surface area contributed by atoms with Gasteiger partial charge in [0.1, 0.15) is 0 Å². The van der Waals surface area contributed by atoms with E-state index in [0.717, 1.165) is 5.57 Å². The number of ketones is 1. The van der Waals surface area contributed by atoms with Crippen molar-refractivity contribution in [2.24, 2.45) is 0 Å². The molecule has 14 heavy (non-hydrogen) atoms. The van der Waals surface area contributed by atoms with Gasteiger partial charge in [0.15, 0.2) is 5.78 Å². The van der Waals surface area contributed by atoms with Crippen LogP contribution >= 0.6 is 0 Å². The molecule has 4 heteroatoms. The molecule has 0 N–H and O–H groups in total. The summed E-state index contributed by atoms with van der Waals surface area (Å²) >= 11 is 0. The molecule has 0 saturated heterocycles. The fourth-order valence-electron chi connectivity index (χ4n) is 0.837. The van der Waals surface area contributed by atoms with Gasteiger partial charge in [-0.3, -0.25) is 14.9 Å². The highest BCUT2D eigenvalue weighted by molar-refractivity contribution is 6.00. The summed E-state index contributed by atoms with van der Waals surface area (Å²) in [7, 11) is 0. The maximum atomic E-state index is 11.2. The number of rotatable bonds is 4. The van der Waals surface area contributed by atoms with Gasteiger partial charge in [-0.1, -0.05) is 5.57 Å². The molecule has 1 atom stereocenters. The predicted molar refractivity (Wildman–Crippen MR) is 54.7 cm³/mol. The molecule has 0 aliphatic carbocycles. The lowest BCUT2D eigenvalue weighted by molar-refractivity contribution is -0.507. The minimum atomic E-state index is -0.801. The van der Waals surface area contributed by atoms with Crippen molar-refractivity contribution in [1.29, 1.82) is 0 Å². The third kappa shape index (κ3) is 4.54. The molecule has 0 saturated carbocycles. The maximum absolute atomic E-state index is 11.2. The number of allylic oxidation sites excluding steroid dienone is 3. The Balaban J connectivity index is 4.60. The predicted octanol–water partition coefficient (Wildman–Crippen LogP) is 2.13. The monoisotopic (exact) mass is 197 g/mol. The third-order valence-electron chi connectivity index (χ3n) is 1.78. The van der Waals surface area contributed by atoms with E-state index in [1.54, 1.807) is 20.8 Å². The Kier molecular flexibility index (Phi) is 4.77. The highest BCUT2D eigenvalue weighted by Gasteiger charge is 2.15. The smallest absolute Gasteiger partial charge is 0.231 e. The van der Waals surface area contributed by atoms with Gasteiger partial charge in [-0.05, 0) is 32.9 Å². The lowest BCUT2D eigenvalue weighted by Gasteiger charge is -2.02. The molecule has 0 aromatic heterocycles. The second kappa shape index (κ2) is 5.32. The van der Waals surface area contributed by atoms with Gasteiger partial charge in [-0.2, -0.15) is 0 Å². The molecule has 78 valence electrons. The molecule has 0 heterocycles. The van der Waals surface area contributed by atoms with Gasteiger partial charge in [0.05, 0.1) is 0 Å². The minimum Gasteiger partial charge on any atom is -0.290 e. The molecule has 0 radical (unpaired) electrons. The average Bonchev–Trinajstić information content (AvgIpc) is 2.00. The van der Waals surface area contributed by atoms with Crippen LogP contribution in [0.3, 0.4) is 0 Å². The number of nitro groups is 1. The first-order valence-corrected chi connectivity index (χ1v) is 4.35. The summed E-state index contributed by atoms with van der Waals surface area (Å²) in [5.41, 5.74) is 1.35. The van der Waals surface area contributed by atoms with Gasteiger partial charge < -0.3 is 0 Å². The van der Waals surface area contributed by atoms with Crippen LogP contribution < -0.4 is 0 Å². The Bertz CT molecular complexity index is 298. The Morgan fingerprint density at radius 3 is 2.14 bits per heavy atom. The second-order valence-corrected chi connectivity index (χ2v) is 3.47. The lowest BCUT2D eigenvalue weighted by atomic mass is 10.1. The molecule has 0 aliphatic heterocycles. The molecule has 0 spiro atoms. The summed E-state index contributed by atoms with van der Waals surface area (Å²) < 4.78 is 0. The first-order chi connectivity index (χ1) is 6.34. The first-order valence-electron chi connectivity index (χ1n) is 4.35. The van der Waals surface area contributed by atoms with E-state index in [0.29, 0.717) is 5.57 Å². The average molecular weight is 197 g/mol. The van der Waals surface area contributed by atoms with Crippen LogP contribution in [-0.4, -0.2) is 16.7 Å². The third-order valence-corrected chi connectivity index (χ3v) is 1.78. The summed E-state index contributed by atoms with van der Waals surface area (Å²) in [4.78, 5) is 21.2. The number of hydrogen-bond donors (Lipinski definition) is 0. The molecule has 0 rings (SSSR count). The normalized spacial score (nSPS) is 13.3. The van der Waals surface area contributed by atoms with E-state index in [9.17, 15) is 14.9 Å². The second-order valence-electron chi connectivity index (χ2n) is 3.47. The summed E-state index contributed by atoms with van der Waals surface area (Å²) in [6.45, 7) is 6.65. The Labute approximate surface area is 83.5 Å². The fraction of sp³-hybridized carbons (Fsp3) is 0.500. The van der Waals surface area contributed by atoms with Crippen LogP contribution in [0.2, 0.25) is 0 Å². The molecule has 0 aliphatic rings. The van der Waals surface area contributed by atoms with Crippen molar-refractivity contribution in [2.45, 2.75) is 33.7 Å². The molecular weight excluding hydrogens is 182 g/mol. The van der Waals surface area contributed by atoms with Crippen LogP contribution in [0.4, 0.5) is 0 Å². The molecule has 0 amide bonds. The van der Waals surface area contributed by atoms with Gasteiger partial charge in [0, 0.05) is 17.4 Å². The van der Waals surface area contributed by atoms with E-state index in [1.807, 2.05) is 0 Å². The standard InChI is InChI=1S/C10H15NO3/c1-7(2)5-10(12)6-8(3)9(4)11(13)14/h5-6,9H,1-4H3. The van der Waals surface area contributed by atoms with Crippen molar-refractivity contribution in [3.8, 4) is 0 Å². The minimum absolute atomic E-state index is 0.198. The van der Waals surface area contributed by atoms with Crippen LogP contribution in [0.5, 0.6) is 0 Å². The highest BCUT2D eigenvalue weighted by atomic mass is 16.6. The summed E-state index contributed by atoms with van der Waals surface area (Å²) in [6, 6.07) is -0.801. The van der Waals surface area contributed by atoms with E-state index in [-0.39, 0.29) is 5.78 Å². The van der Waals surface area contributed by atoms with E-state index in [4.69, 9.17) is 0 Å². The van der Waals surface area contributed by atoms with Gasteiger partial charge in [-0.25, -0.2) is 0 Å². The zero-order valence-corrected chi connectivity index (χ0v) is 8.90. The molecule has 4 nitrogen and oxygen atoms in total. The topological polar surface area (TPSA) is 60.2 Å². The highest BCUT2D eigenvalue weighted by Crippen LogP contribution is 2.05. The zero-order valence-electron chi connectivity index (χ0n) is 8.90. The van der Waals surface area contributed by atoms with Crippen molar-refractivity contribution >= 4 is 5.78 Å². The molecule has 0 aromatic rings. The van der Waals surface area contributed by atoms with Gasteiger partial charge in [0.25, 0.3) is 0 Å². The van der Waals surface area contributed by atoms with Crippen LogP contribution in [-0.2, 0) is 4.79 Å². The van der Waals surface area contributed by atoms with Crippen molar-refractivity contribution in [3.05, 3.63) is 33.4 Å². The number of carbonyl (C=O) groups excluding carboxylic acids is 1. The summed E-state index contributed by atoms with van der Waals surface area (Å²) in [5, 5.41) is 10.4. The Hall–Kier alpha value is -1.45. The van der Waals surface area contributed by atoms with Crippen molar-refractivity contribution < 1.29 is 9.72 Å². The van der Waals surface area contributed by atoms with E-state index in [1.165, 1.54) is 19.1 Å². The van der Waals surface area contributed by atoms with E-state index >= 15 is 0 Å². The zero-order chi connectivity index (χ0) is 11.3. The lowest BCUT2D eigenvalue weighted by Crippen LogP contribution is -2.16. The molecular formula is C10H15NO3. The number of nitrogens with zero attached hydrogens (tertiary/aromatic N) is 1. The van der Waals surface area contributed by atoms with Crippen LogP contribution in [0.25, 0.3) is 0 Å². The first kappa shape index (κ1) is 12.6.